The monoisotopic (exact) mass is 398 g/mol. The standard InChI is InChI=1S/C23H30N2O2S/c1-13-12-28-20(24-13)15-10-14-11-16-18-17(19(14)27-21(15)26)23(4,5)7-9-25(18)8-6-22(16,2)3/h11,15,20H,6-10,12H2,1-5H3. The van der Waals surface area contributed by atoms with E-state index in [-0.39, 0.29) is 28.1 Å². The maximum absolute atomic E-state index is 13.0. The molecule has 0 fully saturated rings. The first-order valence-electron chi connectivity index (χ1n) is 10.5. The average molecular weight is 399 g/mol. The van der Waals surface area contributed by atoms with Crippen LogP contribution >= 0.6 is 11.8 Å². The predicted molar refractivity (Wildman–Crippen MR) is 116 cm³/mol. The van der Waals surface area contributed by atoms with Gasteiger partial charge in [0, 0.05) is 35.8 Å². The minimum atomic E-state index is -0.172. The summed E-state index contributed by atoms with van der Waals surface area (Å²) < 4.78 is 6.12. The molecular weight excluding hydrogens is 368 g/mol. The summed E-state index contributed by atoms with van der Waals surface area (Å²) in [5, 5.41) is 0.00515. The Kier molecular flexibility index (Phi) is 3.98. The largest absolute Gasteiger partial charge is 0.426 e. The number of carbonyl (C=O) groups excluding carboxylic acids is 1. The minimum Gasteiger partial charge on any atom is -0.426 e. The highest BCUT2D eigenvalue weighted by molar-refractivity contribution is 8.00. The molecule has 4 heterocycles. The zero-order valence-electron chi connectivity index (χ0n) is 17.6. The number of esters is 1. The van der Waals surface area contributed by atoms with E-state index in [4.69, 9.17) is 9.73 Å². The summed E-state index contributed by atoms with van der Waals surface area (Å²) in [6, 6.07) is 2.36. The molecule has 28 heavy (non-hydrogen) atoms. The van der Waals surface area contributed by atoms with Crippen LogP contribution in [0.4, 0.5) is 5.69 Å². The summed E-state index contributed by atoms with van der Waals surface area (Å²) in [4.78, 5) is 20.3. The van der Waals surface area contributed by atoms with Gasteiger partial charge in [0.2, 0.25) is 0 Å². The van der Waals surface area contributed by atoms with Crippen LogP contribution in [0, 0.1) is 5.92 Å². The van der Waals surface area contributed by atoms with Crippen LogP contribution in [0.25, 0.3) is 0 Å². The Morgan fingerprint density at radius 1 is 1.18 bits per heavy atom. The Balaban J connectivity index is 1.68. The molecule has 0 N–H and O–H groups in total. The maximum Gasteiger partial charge on any atom is 0.317 e. The molecule has 2 unspecified atom stereocenters. The summed E-state index contributed by atoms with van der Waals surface area (Å²) in [5.41, 5.74) is 6.57. The van der Waals surface area contributed by atoms with E-state index in [1.807, 2.05) is 0 Å². The molecule has 0 saturated carbocycles. The molecule has 0 aliphatic carbocycles. The highest BCUT2D eigenvalue weighted by Crippen LogP contribution is 2.55. The molecule has 4 nitrogen and oxygen atoms in total. The second-order valence-corrected chi connectivity index (χ2v) is 11.3. The van der Waals surface area contributed by atoms with Crippen molar-refractivity contribution in [3.8, 4) is 5.75 Å². The first kappa shape index (κ1) is 18.5. The van der Waals surface area contributed by atoms with Crippen LogP contribution in [0.1, 0.15) is 64.2 Å². The van der Waals surface area contributed by atoms with Crippen LogP contribution in [0.2, 0.25) is 0 Å². The maximum atomic E-state index is 13.0. The fourth-order valence-electron chi connectivity index (χ4n) is 5.29. The summed E-state index contributed by atoms with van der Waals surface area (Å²) in [6.07, 6.45) is 3.01. The van der Waals surface area contributed by atoms with E-state index >= 15 is 0 Å². The molecule has 0 aromatic heterocycles. The number of ether oxygens (including phenoxy) is 1. The molecule has 4 aliphatic rings. The molecular formula is C23H30N2O2S. The lowest BCUT2D eigenvalue weighted by Gasteiger charge is -2.49. The van der Waals surface area contributed by atoms with E-state index in [0.29, 0.717) is 0 Å². The van der Waals surface area contributed by atoms with Gasteiger partial charge in [-0.3, -0.25) is 9.79 Å². The van der Waals surface area contributed by atoms with Gasteiger partial charge < -0.3 is 9.64 Å². The molecule has 1 aromatic carbocycles. The van der Waals surface area contributed by atoms with Crippen LogP contribution in [0.5, 0.6) is 5.75 Å². The quantitative estimate of drug-likeness (QED) is 0.517. The van der Waals surface area contributed by atoms with Gasteiger partial charge in [0.05, 0.1) is 5.92 Å². The number of anilines is 1. The number of rotatable bonds is 1. The van der Waals surface area contributed by atoms with Crippen molar-refractivity contribution in [2.24, 2.45) is 10.9 Å². The van der Waals surface area contributed by atoms with Crippen LogP contribution in [0.15, 0.2) is 11.1 Å². The number of aliphatic imine (C=N–C) groups is 1. The van der Waals surface area contributed by atoms with E-state index in [0.717, 1.165) is 43.1 Å². The molecule has 0 radical (unpaired) electrons. The van der Waals surface area contributed by atoms with Gasteiger partial charge in [-0.1, -0.05) is 27.7 Å². The van der Waals surface area contributed by atoms with Crippen LogP contribution in [-0.4, -0.2) is 35.9 Å². The normalized spacial score (nSPS) is 29.7. The van der Waals surface area contributed by atoms with Crippen molar-refractivity contribution >= 4 is 29.1 Å². The van der Waals surface area contributed by atoms with Crippen molar-refractivity contribution in [2.75, 3.05) is 23.7 Å². The number of fused-ring (bicyclic) bond motifs is 2. The van der Waals surface area contributed by atoms with Gasteiger partial charge >= 0.3 is 5.97 Å². The molecule has 2 atom stereocenters. The number of hydrogen-bond donors (Lipinski definition) is 0. The fraction of sp³-hybridized carbons (Fsp3) is 0.652. The molecule has 5 rings (SSSR count). The van der Waals surface area contributed by atoms with E-state index < -0.39 is 0 Å². The molecule has 0 amide bonds. The van der Waals surface area contributed by atoms with Crippen molar-refractivity contribution in [1.82, 2.24) is 0 Å². The number of nitrogens with zero attached hydrogens (tertiary/aromatic N) is 2. The molecule has 0 spiro atoms. The third kappa shape index (κ3) is 2.65. The summed E-state index contributed by atoms with van der Waals surface area (Å²) in [5.74, 6) is 1.51. The van der Waals surface area contributed by atoms with E-state index in [1.54, 1.807) is 11.8 Å². The van der Waals surface area contributed by atoms with Gasteiger partial charge in [0.1, 0.15) is 11.1 Å². The second kappa shape index (κ2) is 6.01. The van der Waals surface area contributed by atoms with Gasteiger partial charge in [-0.25, -0.2) is 0 Å². The summed E-state index contributed by atoms with van der Waals surface area (Å²) in [7, 11) is 0. The first-order chi connectivity index (χ1) is 13.2. The molecule has 0 bridgehead atoms. The third-order valence-corrected chi connectivity index (χ3v) is 8.52. The third-order valence-electron chi connectivity index (χ3n) is 7.16. The minimum absolute atomic E-state index is 0.00515. The second-order valence-electron chi connectivity index (χ2n) is 10.2. The zero-order valence-corrected chi connectivity index (χ0v) is 18.4. The molecule has 0 saturated heterocycles. The van der Waals surface area contributed by atoms with Gasteiger partial charge in [0.15, 0.2) is 0 Å². The highest BCUT2D eigenvalue weighted by Gasteiger charge is 2.46. The Bertz CT molecular complexity index is 900. The Morgan fingerprint density at radius 2 is 1.89 bits per heavy atom. The smallest absolute Gasteiger partial charge is 0.317 e. The SMILES string of the molecule is CC1=NC(C2Cc3cc4c5c(c3OC2=O)C(C)(C)CCN5CCC4(C)C)SC1. The Morgan fingerprint density at radius 3 is 2.57 bits per heavy atom. The van der Waals surface area contributed by atoms with Crippen LogP contribution < -0.4 is 9.64 Å². The number of thioether (sulfide) groups is 1. The zero-order chi connectivity index (χ0) is 19.8. The predicted octanol–water partition coefficient (Wildman–Crippen LogP) is 4.47. The topological polar surface area (TPSA) is 41.9 Å². The van der Waals surface area contributed by atoms with E-state index in [2.05, 4.69) is 45.6 Å². The fourth-order valence-corrected chi connectivity index (χ4v) is 6.47. The van der Waals surface area contributed by atoms with Crippen molar-refractivity contribution < 1.29 is 9.53 Å². The molecule has 5 heteroatoms. The number of benzene rings is 1. The van der Waals surface area contributed by atoms with E-state index in [9.17, 15) is 4.79 Å². The Hall–Kier alpha value is -1.49. The highest BCUT2D eigenvalue weighted by atomic mass is 32.2. The van der Waals surface area contributed by atoms with Gasteiger partial charge in [0.25, 0.3) is 0 Å². The molecule has 4 aliphatic heterocycles. The van der Waals surface area contributed by atoms with Gasteiger partial charge in [-0.2, -0.15) is 0 Å². The average Bonchev–Trinajstić information content (AvgIpc) is 3.05. The lowest BCUT2D eigenvalue weighted by molar-refractivity contribution is -0.140. The lowest BCUT2D eigenvalue weighted by atomic mass is 9.68. The van der Waals surface area contributed by atoms with Crippen molar-refractivity contribution in [3.63, 3.8) is 0 Å². The van der Waals surface area contributed by atoms with Gasteiger partial charge in [-0.15, -0.1) is 11.8 Å². The molecule has 150 valence electrons. The Labute approximate surface area is 172 Å². The van der Waals surface area contributed by atoms with Crippen LogP contribution in [-0.2, 0) is 22.0 Å². The first-order valence-corrected chi connectivity index (χ1v) is 11.5. The number of carbonyl (C=O) groups is 1. The summed E-state index contributed by atoms with van der Waals surface area (Å²) in [6.45, 7) is 13.6. The summed E-state index contributed by atoms with van der Waals surface area (Å²) >= 11 is 1.77. The van der Waals surface area contributed by atoms with Crippen LogP contribution in [0.3, 0.4) is 0 Å². The molecule has 1 aromatic rings. The van der Waals surface area contributed by atoms with Crippen molar-refractivity contribution in [1.29, 1.82) is 0 Å². The van der Waals surface area contributed by atoms with E-state index in [1.165, 1.54) is 28.8 Å². The lowest BCUT2D eigenvalue weighted by Crippen LogP contribution is -2.46. The van der Waals surface area contributed by atoms with Crippen molar-refractivity contribution in [3.05, 3.63) is 22.8 Å². The van der Waals surface area contributed by atoms with Crippen molar-refractivity contribution in [2.45, 2.75) is 70.1 Å². The number of hydrogen-bond acceptors (Lipinski definition) is 5. The van der Waals surface area contributed by atoms with Gasteiger partial charge in [-0.05, 0) is 54.2 Å².